The van der Waals surface area contributed by atoms with Crippen LogP contribution in [-0.2, 0) is 0 Å². The van der Waals surface area contributed by atoms with E-state index in [0.717, 1.165) is 12.8 Å². The summed E-state index contributed by atoms with van der Waals surface area (Å²) in [5.74, 6) is 0.449. The van der Waals surface area contributed by atoms with Crippen molar-refractivity contribution in [3.8, 4) is 12.0 Å². The van der Waals surface area contributed by atoms with Crippen LogP contribution in [-0.4, -0.2) is 35.2 Å². The van der Waals surface area contributed by atoms with Crippen LogP contribution in [0.5, 0.6) is 12.0 Å². The van der Waals surface area contributed by atoms with Crippen molar-refractivity contribution in [1.29, 1.82) is 0 Å². The zero-order valence-electron chi connectivity index (χ0n) is 9.99. The van der Waals surface area contributed by atoms with Gasteiger partial charge in [-0.15, -0.1) is 4.98 Å². The normalized spacial score (nSPS) is 9.94. The van der Waals surface area contributed by atoms with Gasteiger partial charge >= 0.3 is 12.0 Å². The Morgan fingerprint density at radius 3 is 2.31 bits per heavy atom. The summed E-state index contributed by atoms with van der Waals surface area (Å²) < 4.78 is 10.6. The van der Waals surface area contributed by atoms with Crippen LogP contribution < -0.4 is 14.8 Å². The molecule has 0 saturated heterocycles. The van der Waals surface area contributed by atoms with Gasteiger partial charge in [0.2, 0.25) is 5.95 Å². The zero-order valence-corrected chi connectivity index (χ0v) is 9.99. The predicted octanol–water partition coefficient (Wildman–Crippen LogP) is 1.49. The number of anilines is 1. The Labute approximate surface area is 95.4 Å². The number of hydrogen-bond donors (Lipinski definition) is 1. The second kappa shape index (κ2) is 6.81. The van der Waals surface area contributed by atoms with E-state index in [1.54, 1.807) is 7.05 Å². The second-order valence-electron chi connectivity index (χ2n) is 3.11. The SMILES string of the molecule is CCCCOc1nc(NC)nc(OCC)n1. The molecule has 0 aliphatic carbocycles. The molecule has 0 amide bonds. The van der Waals surface area contributed by atoms with Crippen LogP contribution in [0.2, 0.25) is 0 Å². The molecule has 0 aliphatic rings. The number of ether oxygens (including phenoxy) is 2. The monoisotopic (exact) mass is 226 g/mol. The number of hydrogen-bond acceptors (Lipinski definition) is 6. The van der Waals surface area contributed by atoms with Crippen LogP contribution in [0, 0.1) is 0 Å². The predicted molar refractivity (Wildman–Crippen MR) is 60.9 cm³/mol. The van der Waals surface area contributed by atoms with E-state index in [0.29, 0.717) is 25.2 Å². The third kappa shape index (κ3) is 3.88. The quantitative estimate of drug-likeness (QED) is 0.710. The number of nitrogens with zero attached hydrogens (tertiary/aromatic N) is 3. The van der Waals surface area contributed by atoms with Gasteiger partial charge in [-0.05, 0) is 13.3 Å². The lowest BCUT2D eigenvalue weighted by atomic mass is 10.4. The van der Waals surface area contributed by atoms with Crippen LogP contribution in [0.4, 0.5) is 5.95 Å². The first-order valence-electron chi connectivity index (χ1n) is 5.49. The van der Waals surface area contributed by atoms with Crippen molar-refractivity contribution < 1.29 is 9.47 Å². The molecule has 0 atom stereocenters. The molecule has 0 radical (unpaired) electrons. The Morgan fingerprint density at radius 2 is 1.75 bits per heavy atom. The number of rotatable bonds is 7. The summed E-state index contributed by atoms with van der Waals surface area (Å²) in [7, 11) is 1.74. The van der Waals surface area contributed by atoms with E-state index < -0.39 is 0 Å². The smallest absolute Gasteiger partial charge is 0.324 e. The lowest BCUT2D eigenvalue weighted by Gasteiger charge is -2.07. The Morgan fingerprint density at radius 1 is 1.06 bits per heavy atom. The molecular formula is C10H18N4O2. The Balaban J connectivity index is 2.69. The molecule has 0 aromatic carbocycles. The van der Waals surface area contributed by atoms with Gasteiger partial charge in [0, 0.05) is 7.05 Å². The van der Waals surface area contributed by atoms with Crippen molar-refractivity contribution in [2.75, 3.05) is 25.6 Å². The second-order valence-corrected chi connectivity index (χ2v) is 3.11. The fraction of sp³-hybridized carbons (Fsp3) is 0.700. The summed E-state index contributed by atoms with van der Waals surface area (Å²) in [5, 5.41) is 2.83. The Kier molecular flexibility index (Phi) is 5.31. The lowest BCUT2D eigenvalue weighted by Crippen LogP contribution is -2.07. The van der Waals surface area contributed by atoms with Crippen LogP contribution in [0.3, 0.4) is 0 Å². The minimum absolute atomic E-state index is 0.286. The first-order valence-corrected chi connectivity index (χ1v) is 5.49. The average Bonchev–Trinajstić information content (AvgIpc) is 2.29. The summed E-state index contributed by atoms with van der Waals surface area (Å²) in [5.41, 5.74) is 0. The summed E-state index contributed by atoms with van der Waals surface area (Å²) in [6.45, 7) is 5.10. The highest BCUT2D eigenvalue weighted by molar-refractivity contribution is 5.26. The molecule has 0 unspecified atom stereocenters. The maximum absolute atomic E-state index is 5.39. The van der Waals surface area contributed by atoms with E-state index in [9.17, 15) is 0 Å². The minimum Gasteiger partial charge on any atom is -0.464 e. The highest BCUT2D eigenvalue weighted by atomic mass is 16.5. The number of nitrogens with one attached hydrogen (secondary N) is 1. The molecule has 6 heteroatoms. The molecular weight excluding hydrogens is 208 g/mol. The molecule has 6 nitrogen and oxygen atoms in total. The lowest BCUT2D eigenvalue weighted by molar-refractivity contribution is 0.265. The molecule has 1 N–H and O–H groups in total. The van der Waals surface area contributed by atoms with Gasteiger partial charge in [0.25, 0.3) is 0 Å². The van der Waals surface area contributed by atoms with Gasteiger partial charge in [-0.25, -0.2) is 0 Å². The molecule has 0 aliphatic heterocycles. The molecule has 1 heterocycles. The van der Waals surface area contributed by atoms with Gasteiger partial charge in [0.15, 0.2) is 0 Å². The van der Waals surface area contributed by atoms with Gasteiger partial charge < -0.3 is 14.8 Å². The minimum atomic E-state index is 0.286. The average molecular weight is 226 g/mol. The van der Waals surface area contributed by atoms with Crippen LogP contribution in [0.1, 0.15) is 26.7 Å². The van der Waals surface area contributed by atoms with Gasteiger partial charge in [0.05, 0.1) is 13.2 Å². The standard InChI is InChI=1S/C10H18N4O2/c1-4-6-7-16-10-13-8(11-3)12-9(14-10)15-5-2/h4-7H2,1-3H3,(H,11,12,13,14). The Hall–Kier alpha value is -1.59. The third-order valence-corrected chi connectivity index (χ3v) is 1.82. The molecule has 90 valence electrons. The van der Waals surface area contributed by atoms with Crippen molar-refractivity contribution in [2.45, 2.75) is 26.7 Å². The van der Waals surface area contributed by atoms with Gasteiger partial charge in [0.1, 0.15) is 0 Å². The fourth-order valence-corrected chi connectivity index (χ4v) is 1.02. The number of unbranched alkanes of at least 4 members (excludes halogenated alkanes) is 1. The van der Waals surface area contributed by atoms with Gasteiger partial charge in [-0.1, -0.05) is 13.3 Å². The van der Waals surface area contributed by atoms with Crippen LogP contribution >= 0.6 is 0 Å². The maximum Gasteiger partial charge on any atom is 0.324 e. The molecule has 0 spiro atoms. The highest BCUT2D eigenvalue weighted by Gasteiger charge is 2.06. The first kappa shape index (κ1) is 12.5. The molecule has 1 aromatic heterocycles. The van der Waals surface area contributed by atoms with E-state index in [-0.39, 0.29) is 6.01 Å². The van der Waals surface area contributed by atoms with Crippen LogP contribution in [0.25, 0.3) is 0 Å². The summed E-state index contributed by atoms with van der Waals surface area (Å²) >= 11 is 0. The van der Waals surface area contributed by atoms with Crippen molar-refractivity contribution in [3.05, 3.63) is 0 Å². The van der Waals surface area contributed by atoms with E-state index in [1.165, 1.54) is 0 Å². The van der Waals surface area contributed by atoms with Gasteiger partial charge in [-0.2, -0.15) is 9.97 Å². The summed E-state index contributed by atoms with van der Waals surface area (Å²) in [6.07, 6.45) is 2.05. The first-order chi connectivity index (χ1) is 7.80. The molecule has 0 fully saturated rings. The van der Waals surface area contributed by atoms with Crippen molar-refractivity contribution in [3.63, 3.8) is 0 Å². The van der Waals surface area contributed by atoms with E-state index in [1.807, 2.05) is 6.92 Å². The third-order valence-electron chi connectivity index (χ3n) is 1.82. The summed E-state index contributed by atoms with van der Waals surface area (Å²) in [4.78, 5) is 12.1. The molecule has 0 bridgehead atoms. The topological polar surface area (TPSA) is 69.2 Å². The van der Waals surface area contributed by atoms with Crippen molar-refractivity contribution in [2.24, 2.45) is 0 Å². The molecule has 1 aromatic rings. The molecule has 0 saturated carbocycles. The molecule has 16 heavy (non-hydrogen) atoms. The van der Waals surface area contributed by atoms with E-state index in [2.05, 4.69) is 27.2 Å². The number of aromatic nitrogens is 3. The van der Waals surface area contributed by atoms with Gasteiger partial charge in [-0.3, -0.25) is 0 Å². The van der Waals surface area contributed by atoms with Crippen molar-refractivity contribution >= 4 is 5.95 Å². The zero-order chi connectivity index (χ0) is 11.8. The van der Waals surface area contributed by atoms with Crippen LogP contribution in [0.15, 0.2) is 0 Å². The summed E-state index contributed by atoms with van der Waals surface area (Å²) in [6, 6.07) is 0.588. The van der Waals surface area contributed by atoms with E-state index >= 15 is 0 Å². The fourth-order valence-electron chi connectivity index (χ4n) is 1.02. The maximum atomic E-state index is 5.39. The van der Waals surface area contributed by atoms with Crippen molar-refractivity contribution in [1.82, 2.24) is 15.0 Å². The molecule has 1 rings (SSSR count). The van der Waals surface area contributed by atoms with E-state index in [4.69, 9.17) is 9.47 Å². The highest BCUT2D eigenvalue weighted by Crippen LogP contribution is 2.12. The Bertz CT molecular complexity index is 320. The largest absolute Gasteiger partial charge is 0.464 e.